The van der Waals surface area contributed by atoms with Crippen molar-refractivity contribution in [2.45, 2.75) is 19.6 Å². The molecule has 6 nitrogen and oxygen atoms in total. The lowest BCUT2D eigenvalue weighted by Gasteiger charge is -2.14. The number of halogens is 2. The highest BCUT2D eigenvalue weighted by Gasteiger charge is 2.18. The number of rotatable bonds is 7. The first kappa shape index (κ1) is 21.5. The second-order valence-corrected chi connectivity index (χ2v) is 8.74. The van der Waals surface area contributed by atoms with Crippen LogP contribution in [-0.4, -0.2) is 20.3 Å². The minimum Gasteiger partial charge on any atom is -0.366 e. The van der Waals surface area contributed by atoms with Gasteiger partial charge in [-0.2, -0.15) is 0 Å². The van der Waals surface area contributed by atoms with Crippen LogP contribution >= 0.6 is 34.7 Å². The fraction of sp³-hybridized carbons (Fsp3) is 0.136. The number of thiophene rings is 1. The van der Waals surface area contributed by atoms with E-state index in [1.54, 1.807) is 12.1 Å². The van der Waals surface area contributed by atoms with Crippen LogP contribution in [-0.2, 0) is 19.6 Å². The van der Waals surface area contributed by atoms with Gasteiger partial charge in [-0.1, -0.05) is 41.9 Å². The van der Waals surface area contributed by atoms with E-state index in [-0.39, 0.29) is 12.5 Å². The van der Waals surface area contributed by atoms with Gasteiger partial charge < -0.3 is 11.1 Å². The molecule has 2 aromatic heterocycles. The average Bonchev–Trinajstić information content (AvgIpc) is 3.12. The van der Waals surface area contributed by atoms with Gasteiger partial charge in [0, 0.05) is 51.5 Å². The Morgan fingerprint density at radius 2 is 1.97 bits per heavy atom. The Bertz CT molecular complexity index is 1230. The molecule has 3 N–H and O–H groups in total. The zero-order valence-corrected chi connectivity index (χ0v) is 18.7. The Morgan fingerprint density at radius 1 is 1.13 bits per heavy atom. The Balaban J connectivity index is 1.44. The summed E-state index contributed by atoms with van der Waals surface area (Å²) in [7, 11) is 0. The maximum atomic E-state index is 12.9. The largest absolute Gasteiger partial charge is 0.366 e. The molecule has 0 saturated carbocycles. The maximum absolute atomic E-state index is 12.9. The Hall–Kier alpha value is -2.71. The van der Waals surface area contributed by atoms with Crippen LogP contribution in [0.15, 0.2) is 60.9 Å². The van der Waals surface area contributed by atoms with Gasteiger partial charge in [0.1, 0.15) is 12.1 Å². The lowest BCUT2D eigenvalue weighted by Crippen LogP contribution is -2.21. The molecule has 0 radical (unpaired) electrons. The summed E-state index contributed by atoms with van der Waals surface area (Å²) >= 11 is 14.4. The highest BCUT2D eigenvalue weighted by molar-refractivity contribution is 7.19. The Morgan fingerprint density at radius 3 is 2.77 bits per heavy atom. The second-order valence-electron chi connectivity index (χ2n) is 6.81. The van der Waals surface area contributed by atoms with Crippen molar-refractivity contribution in [1.82, 2.24) is 14.4 Å². The topological polar surface area (TPSA) is 84.1 Å². The van der Waals surface area contributed by atoms with Crippen molar-refractivity contribution in [1.29, 1.82) is 0 Å². The molecule has 1 amide bonds. The van der Waals surface area contributed by atoms with E-state index in [1.807, 2.05) is 42.5 Å². The fourth-order valence-electron chi connectivity index (χ4n) is 3.12. The molecule has 158 valence electrons. The van der Waals surface area contributed by atoms with Crippen LogP contribution < -0.4 is 11.1 Å². The SMILES string of the molecule is NCc1cc(NCc2cccc(C(=O)N(Cl)Cc3sc4ccccc4c3Cl)c2)ncn1. The first-order chi connectivity index (χ1) is 15.0. The molecule has 0 fully saturated rings. The minimum absolute atomic E-state index is 0.226. The van der Waals surface area contributed by atoms with Crippen LogP contribution in [0.1, 0.15) is 26.5 Å². The van der Waals surface area contributed by atoms with Crippen LogP contribution in [0.25, 0.3) is 10.1 Å². The standard InChI is InChI=1S/C22H19Cl2N5OS/c23-21-17-6-1-2-7-18(17)31-19(21)12-29(24)22(30)15-5-3-4-14(8-15)11-26-20-9-16(10-25)27-13-28-20/h1-9,13H,10-12,25H2,(H,26,27,28). The fourth-order valence-corrected chi connectivity index (χ4v) is 4.89. The zero-order valence-electron chi connectivity index (χ0n) is 16.4. The predicted octanol–water partition coefficient (Wildman–Crippen LogP) is 5.21. The van der Waals surface area contributed by atoms with E-state index >= 15 is 0 Å². The molecule has 2 heterocycles. The predicted molar refractivity (Wildman–Crippen MR) is 126 cm³/mol. The van der Waals surface area contributed by atoms with Crippen LogP contribution in [0.5, 0.6) is 0 Å². The van der Waals surface area contributed by atoms with E-state index in [1.165, 1.54) is 22.1 Å². The lowest BCUT2D eigenvalue weighted by molar-refractivity contribution is 0.0858. The van der Waals surface area contributed by atoms with E-state index in [0.29, 0.717) is 29.5 Å². The van der Waals surface area contributed by atoms with Gasteiger partial charge in [0.2, 0.25) is 0 Å². The lowest BCUT2D eigenvalue weighted by atomic mass is 10.1. The number of benzene rings is 2. The molecule has 9 heteroatoms. The molecular formula is C22H19Cl2N5OS. The normalized spacial score (nSPS) is 10.9. The average molecular weight is 472 g/mol. The monoisotopic (exact) mass is 471 g/mol. The minimum atomic E-state index is -0.288. The number of amides is 1. The molecule has 0 aliphatic rings. The number of nitrogens with zero attached hydrogens (tertiary/aromatic N) is 3. The number of carbonyl (C=O) groups excluding carboxylic acids is 1. The molecule has 0 bridgehead atoms. The van der Waals surface area contributed by atoms with Crippen molar-refractivity contribution in [2.24, 2.45) is 5.73 Å². The van der Waals surface area contributed by atoms with Crippen molar-refractivity contribution in [3.8, 4) is 0 Å². The van der Waals surface area contributed by atoms with E-state index in [4.69, 9.17) is 29.1 Å². The van der Waals surface area contributed by atoms with Gasteiger partial charge in [-0.05, 0) is 23.8 Å². The number of nitrogens with one attached hydrogen (secondary N) is 1. The van der Waals surface area contributed by atoms with Crippen LogP contribution in [0.4, 0.5) is 5.82 Å². The molecule has 0 aliphatic carbocycles. The first-order valence-electron chi connectivity index (χ1n) is 9.52. The van der Waals surface area contributed by atoms with Crippen LogP contribution in [0, 0.1) is 0 Å². The molecular weight excluding hydrogens is 453 g/mol. The highest BCUT2D eigenvalue weighted by Crippen LogP contribution is 2.36. The third kappa shape index (κ3) is 4.97. The second kappa shape index (κ2) is 9.62. The van der Waals surface area contributed by atoms with E-state index < -0.39 is 0 Å². The van der Waals surface area contributed by atoms with Crippen LogP contribution in [0.3, 0.4) is 0 Å². The number of hydrogen-bond acceptors (Lipinski definition) is 6. The summed E-state index contributed by atoms with van der Waals surface area (Å²) in [6, 6.07) is 17.0. The van der Waals surface area contributed by atoms with Gasteiger partial charge >= 0.3 is 0 Å². The van der Waals surface area contributed by atoms with Crippen molar-refractivity contribution in [2.75, 3.05) is 5.32 Å². The van der Waals surface area contributed by atoms with Crippen molar-refractivity contribution >= 4 is 56.5 Å². The molecule has 0 saturated heterocycles. The summed E-state index contributed by atoms with van der Waals surface area (Å²) in [5.41, 5.74) is 7.78. The summed E-state index contributed by atoms with van der Waals surface area (Å²) in [6.07, 6.45) is 1.47. The van der Waals surface area contributed by atoms with Gasteiger partial charge in [0.25, 0.3) is 5.91 Å². The molecule has 0 spiro atoms. The molecule has 31 heavy (non-hydrogen) atoms. The molecule has 2 aromatic carbocycles. The van der Waals surface area contributed by atoms with E-state index in [2.05, 4.69) is 15.3 Å². The number of anilines is 1. The van der Waals surface area contributed by atoms with Gasteiger partial charge in [-0.15, -0.1) is 11.3 Å². The summed E-state index contributed by atoms with van der Waals surface area (Å²) in [5, 5.41) is 4.82. The highest BCUT2D eigenvalue weighted by atomic mass is 35.5. The first-order valence-corrected chi connectivity index (χ1v) is 11.1. The van der Waals surface area contributed by atoms with E-state index in [9.17, 15) is 4.79 Å². The van der Waals surface area contributed by atoms with Gasteiger partial charge in [-0.25, -0.2) is 14.4 Å². The third-order valence-corrected chi connectivity index (χ3v) is 6.66. The maximum Gasteiger partial charge on any atom is 0.268 e. The van der Waals surface area contributed by atoms with Crippen molar-refractivity contribution < 1.29 is 4.79 Å². The molecule has 0 unspecified atom stereocenters. The summed E-state index contributed by atoms with van der Waals surface area (Å²) in [4.78, 5) is 22.0. The number of carbonyl (C=O) groups is 1. The smallest absolute Gasteiger partial charge is 0.268 e. The Kier molecular flexibility index (Phi) is 6.67. The van der Waals surface area contributed by atoms with Crippen LogP contribution in [0.2, 0.25) is 5.02 Å². The summed E-state index contributed by atoms with van der Waals surface area (Å²) < 4.78 is 2.23. The quantitative estimate of drug-likeness (QED) is 0.361. The van der Waals surface area contributed by atoms with Crippen molar-refractivity contribution in [3.05, 3.63) is 87.6 Å². The number of fused-ring (bicyclic) bond motifs is 1. The Labute approximate surface area is 193 Å². The summed E-state index contributed by atoms with van der Waals surface area (Å²) in [5.74, 6) is 0.384. The zero-order chi connectivity index (χ0) is 21.8. The molecule has 4 aromatic rings. The third-order valence-electron chi connectivity index (χ3n) is 4.68. The molecule has 0 atom stereocenters. The number of hydrogen-bond donors (Lipinski definition) is 2. The molecule has 0 aliphatic heterocycles. The van der Waals surface area contributed by atoms with Gasteiger partial charge in [0.05, 0.1) is 17.3 Å². The van der Waals surface area contributed by atoms with Gasteiger partial charge in [0.15, 0.2) is 0 Å². The molecule has 4 rings (SSSR count). The van der Waals surface area contributed by atoms with E-state index in [0.717, 1.165) is 26.2 Å². The van der Waals surface area contributed by atoms with Gasteiger partial charge in [-0.3, -0.25) is 4.79 Å². The number of nitrogens with two attached hydrogens (primary N) is 1. The summed E-state index contributed by atoms with van der Waals surface area (Å²) in [6.45, 7) is 1.06. The van der Waals surface area contributed by atoms with Crippen molar-refractivity contribution in [3.63, 3.8) is 0 Å². The number of aromatic nitrogens is 2.